The van der Waals surface area contributed by atoms with Gasteiger partial charge in [-0.3, -0.25) is 4.79 Å². The molecule has 5 heteroatoms. The van der Waals surface area contributed by atoms with Gasteiger partial charge in [0.25, 0.3) is 5.91 Å². The monoisotopic (exact) mass is 263 g/mol. The Hall–Kier alpha value is -1.62. The van der Waals surface area contributed by atoms with Crippen LogP contribution in [0.3, 0.4) is 0 Å². The van der Waals surface area contributed by atoms with E-state index in [2.05, 4.69) is 10.3 Å². The SMILES string of the molecule is NC(=O)c1cccnc1NCCCCC1CCCO1. The molecule has 1 aliphatic heterocycles. The highest BCUT2D eigenvalue weighted by Gasteiger charge is 2.14. The Balaban J connectivity index is 1.69. The summed E-state index contributed by atoms with van der Waals surface area (Å²) in [5.74, 6) is 0.127. The predicted octanol–water partition coefficient (Wildman–Crippen LogP) is 1.94. The second kappa shape index (κ2) is 7.09. The van der Waals surface area contributed by atoms with Crippen molar-refractivity contribution in [3.8, 4) is 0 Å². The Morgan fingerprint density at radius 1 is 1.53 bits per heavy atom. The number of primary amides is 1. The fourth-order valence-corrected chi connectivity index (χ4v) is 2.32. The number of nitrogens with two attached hydrogens (primary N) is 1. The second-order valence-electron chi connectivity index (χ2n) is 4.82. The van der Waals surface area contributed by atoms with Crippen molar-refractivity contribution in [3.63, 3.8) is 0 Å². The van der Waals surface area contributed by atoms with E-state index in [1.54, 1.807) is 18.3 Å². The zero-order valence-electron chi connectivity index (χ0n) is 11.1. The van der Waals surface area contributed by atoms with Crippen molar-refractivity contribution in [2.24, 2.45) is 5.73 Å². The van der Waals surface area contributed by atoms with Crippen molar-refractivity contribution in [1.82, 2.24) is 4.98 Å². The molecule has 1 aromatic heterocycles. The van der Waals surface area contributed by atoms with Crippen LogP contribution in [0.4, 0.5) is 5.82 Å². The summed E-state index contributed by atoms with van der Waals surface area (Å²) in [5, 5.41) is 3.17. The first-order valence-corrected chi connectivity index (χ1v) is 6.87. The van der Waals surface area contributed by atoms with Crippen molar-refractivity contribution in [1.29, 1.82) is 0 Å². The molecule has 1 aliphatic rings. The van der Waals surface area contributed by atoms with E-state index in [1.807, 2.05) is 0 Å². The highest BCUT2D eigenvalue weighted by atomic mass is 16.5. The van der Waals surface area contributed by atoms with Crippen molar-refractivity contribution in [2.45, 2.75) is 38.2 Å². The van der Waals surface area contributed by atoms with E-state index < -0.39 is 5.91 Å². The highest BCUT2D eigenvalue weighted by Crippen LogP contribution is 2.17. The minimum Gasteiger partial charge on any atom is -0.378 e. The molecule has 0 aromatic carbocycles. The van der Waals surface area contributed by atoms with Crippen molar-refractivity contribution in [3.05, 3.63) is 23.9 Å². The molecule has 104 valence electrons. The number of amides is 1. The second-order valence-corrected chi connectivity index (χ2v) is 4.82. The molecule has 1 amide bonds. The van der Waals surface area contributed by atoms with E-state index in [0.29, 0.717) is 17.5 Å². The zero-order chi connectivity index (χ0) is 13.5. The lowest BCUT2D eigenvalue weighted by Gasteiger charge is -2.10. The van der Waals surface area contributed by atoms with E-state index in [9.17, 15) is 4.79 Å². The summed E-state index contributed by atoms with van der Waals surface area (Å²) in [6, 6.07) is 3.40. The standard InChI is InChI=1S/C14H21N3O2/c15-13(18)12-7-3-9-17-14(12)16-8-2-1-5-11-6-4-10-19-11/h3,7,9,11H,1-2,4-6,8,10H2,(H2,15,18)(H,16,17). The van der Waals surface area contributed by atoms with Crippen LogP contribution in [0.1, 0.15) is 42.5 Å². The number of pyridine rings is 1. The number of ether oxygens (including phenoxy) is 1. The molecule has 1 saturated heterocycles. The van der Waals surface area contributed by atoms with Crippen LogP contribution < -0.4 is 11.1 Å². The van der Waals surface area contributed by atoms with E-state index in [1.165, 1.54) is 12.8 Å². The van der Waals surface area contributed by atoms with E-state index in [-0.39, 0.29) is 0 Å². The molecule has 2 rings (SSSR count). The molecule has 1 fully saturated rings. The van der Waals surface area contributed by atoms with Gasteiger partial charge in [-0.2, -0.15) is 0 Å². The van der Waals surface area contributed by atoms with E-state index in [0.717, 1.165) is 32.4 Å². The van der Waals surface area contributed by atoms with Gasteiger partial charge >= 0.3 is 0 Å². The Morgan fingerprint density at radius 2 is 2.42 bits per heavy atom. The molecule has 0 aliphatic carbocycles. The molecule has 2 heterocycles. The fourth-order valence-electron chi connectivity index (χ4n) is 2.32. The van der Waals surface area contributed by atoms with Crippen molar-refractivity contribution < 1.29 is 9.53 Å². The predicted molar refractivity (Wildman–Crippen MR) is 74.1 cm³/mol. The van der Waals surface area contributed by atoms with Gasteiger partial charge in [0.2, 0.25) is 0 Å². The van der Waals surface area contributed by atoms with Gasteiger partial charge in [-0.05, 0) is 44.2 Å². The van der Waals surface area contributed by atoms with Gasteiger partial charge in [-0.15, -0.1) is 0 Å². The Labute approximate surface area is 113 Å². The average Bonchev–Trinajstić information content (AvgIpc) is 2.92. The number of carbonyl (C=O) groups excluding carboxylic acids is 1. The summed E-state index contributed by atoms with van der Waals surface area (Å²) in [7, 11) is 0. The normalized spacial score (nSPS) is 18.4. The van der Waals surface area contributed by atoms with E-state index >= 15 is 0 Å². The number of aromatic nitrogens is 1. The largest absolute Gasteiger partial charge is 0.378 e. The molecular formula is C14H21N3O2. The van der Waals surface area contributed by atoms with Crippen LogP contribution in [0.5, 0.6) is 0 Å². The topological polar surface area (TPSA) is 77.2 Å². The van der Waals surface area contributed by atoms with Crippen LogP contribution in [0.15, 0.2) is 18.3 Å². The van der Waals surface area contributed by atoms with Gasteiger partial charge < -0.3 is 15.8 Å². The van der Waals surface area contributed by atoms with Gasteiger partial charge in [-0.25, -0.2) is 4.98 Å². The number of hydrogen-bond acceptors (Lipinski definition) is 4. The zero-order valence-corrected chi connectivity index (χ0v) is 11.1. The third-order valence-corrected chi connectivity index (χ3v) is 3.34. The molecule has 1 aromatic rings. The van der Waals surface area contributed by atoms with Crippen molar-refractivity contribution in [2.75, 3.05) is 18.5 Å². The maximum atomic E-state index is 11.2. The molecule has 0 spiro atoms. The summed E-state index contributed by atoms with van der Waals surface area (Å²) in [6.45, 7) is 1.71. The quantitative estimate of drug-likeness (QED) is 0.737. The number of rotatable bonds is 7. The maximum Gasteiger partial charge on any atom is 0.252 e. The summed E-state index contributed by atoms with van der Waals surface area (Å²) >= 11 is 0. The highest BCUT2D eigenvalue weighted by molar-refractivity contribution is 5.97. The third kappa shape index (κ3) is 4.21. The number of unbranched alkanes of at least 4 members (excludes halogenated alkanes) is 1. The first-order valence-electron chi connectivity index (χ1n) is 6.87. The Bertz CT molecular complexity index is 417. The van der Waals surface area contributed by atoms with Crippen molar-refractivity contribution >= 4 is 11.7 Å². The average molecular weight is 263 g/mol. The lowest BCUT2D eigenvalue weighted by molar-refractivity contribution is 0.100. The van der Waals surface area contributed by atoms with Crippen LogP contribution in [-0.4, -0.2) is 30.1 Å². The van der Waals surface area contributed by atoms with Gasteiger partial charge in [0, 0.05) is 19.3 Å². The summed E-state index contributed by atoms with van der Waals surface area (Å²) in [5.41, 5.74) is 5.74. The lowest BCUT2D eigenvalue weighted by atomic mass is 10.1. The lowest BCUT2D eigenvalue weighted by Crippen LogP contribution is -2.16. The van der Waals surface area contributed by atoms with Crippen LogP contribution in [-0.2, 0) is 4.74 Å². The van der Waals surface area contributed by atoms with Gasteiger partial charge in [0.1, 0.15) is 5.82 Å². The molecule has 0 radical (unpaired) electrons. The van der Waals surface area contributed by atoms with Gasteiger partial charge in [-0.1, -0.05) is 0 Å². The van der Waals surface area contributed by atoms with Crippen LogP contribution in [0.2, 0.25) is 0 Å². The summed E-state index contributed by atoms with van der Waals surface area (Å²) in [6.07, 6.45) is 7.77. The number of carbonyl (C=O) groups is 1. The maximum absolute atomic E-state index is 11.2. The van der Waals surface area contributed by atoms with Crippen LogP contribution >= 0.6 is 0 Å². The molecule has 0 saturated carbocycles. The molecule has 1 atom stereocenters. The number of hydrogen-bond donors (Lipinski definition) is 2. The van der Waals surface area contributed by atoms with Crippen LogP contribution in [0, 0.1) is 0 Å². The van der Waals surface area contributed by atoms with Gasteiger partial charge in [0.15, 0.2) is 0 Å². The molecule has 3 N–H and O–H groups in total. The first kappa shape index (κ1) is 13.8. The number of anilines is 1. The van der Waals surface area contributed by atoms with E-state index in [4.69, 9.17) is 10.5 Å². The molecule has 5 nitrogen and oxygen atoms in total. The third-order valence-electron chi connectivity index (χ3n) is 3.34. The van der Waals surface area contributed by atoms with Crippen LogP contribution in [0.25, 0.3) is 0 Å². The molecule has 0 bridgehead atoms. The first-order chi connectivity index (χ1) is 9.27. The minimum absolute atomic E-state index is 0.446. The number of nitrogens with zero attached hydrogens (tertiary/aromatic N) is 1. The Kier molecular flexibility index (Phi) is 5.15. The minimum atomic E-state index is -0.449. The molecule has 19 heavy (non-hydrogen) atoms. The number of nitrogens with one attached hydrogen (secondary N) is 1. The molecular weight excluding hydrogens is 242 g/mol. The summed E-state index contributed by atoms with van der Waals surface area (Å²) < 4.78 is 5.57. The Morgan fingerprint density at radius 3 is 3.16 bits per heavy atom. The molecule has 1 unspecified atom stereocenters. The smallest absolute Gasteiger partial charge is 0.252 e. The fraction of sp³-hybridized carbons (Fsp3) is 0.571. The van der Waals surface area contributed by atoms with Gasteiger partial charge in [0.05, 0.1) is 11.7 Å². The summed E-state index contributed by atoms with van der Waals surface area (Å²) in [4.78, 5) is 15.3.